The average molecular weight is 259 g/mol. The van der Waals surface area contributed by atoms with Gasteiger partial charge >= 0.3 is 0 Å². The number of nitrogens with zero attached hydrogens (tertiary/aromatic N) is 1. The largest absolute Gasteiger partial charge is 0.507 e. The highest BCUT2D eigenvalue weighted by atomic mass is 16.3. The second-order valence-corrected chi connectivity index (χ2v) is 5.19. The smallest absolute Gasteiger partial charge is 0.133 e. The van der Waals surface area contributed by atoms with E-state index in [0.29, 0.717) is 5.56 Å². The van der Waals surface area contributed by atoms with E-state index in [0.717, 1.165) is 12.0 Å². The minimum Gasteiger partial charge on any atom is -0.507 e. The van der Waals surface area contributed by atoms with E-state index in [9.17, 15) is 5.11 Å². The lowest BCUT2D eigenvalue weighted by molar-refractivity contribution is 0.473. The van der Waals surface area contributed by atoms with Crippen LogP contribution in [0.1, 0.15) is 69.4 Å². The average Bonchev–Trinajstić information content (AvgIpc) is 2.43. The first kappa shape index (κ1) is 15.6. The molecule has 1 aromatic rings. The molecule has 1 rings (SSSR count). The van der Waals surface area contributed by atoms with Crippen molar-refractivity contribution in [3.63, 3.8) is 0 Å². The van der Waals surface area contributed by atoms with E-state index in [2.05, 4.69) is 6.92 Å². The van der Waals surface area contributed by atoms with Crippen LogP contribution in [0, 0.1) is 11.3 Å². The molecule has 104 valence electrons. The van der Waals surface area contributed by atoms with Gasteiger partial charge in [-0.15, -0.1) is 0 Å². The van der Waals surface area contributed by atoms with E-state index in [4.69, 9.17) is 5.26 Å². The summed E-state index contributed by atoms with van der Waals surface area (Å²) in [4.78, 5) is 0. The normalized spacial score (nSPS) is 10.3. The molecule has 2 nitrogen and oxygen atoms in total. The van der Waals surface area contributed by atoms with E-state index in [1.807, 2.05) is 12.1 Å². The zero-order valence-electron chi connectivity index (χ0n) is 12.0. The molecule has 0 amide bonds. The van der Waals surface area contributed by atoms with Crippen LogP contribution in [0.2, 0.25) is 0 Å². The maximum atomic E-state index is 9.42. The number of aryl methyl sites for hydroxylation is 1. The molecular formula is C17H25NO. The molecule has 0 atom stereocenters. The number of phenols is 1. The third-order valence-corrected chi connectivity index (χ3v) is 3.50. The van der Waals surface area contributed by atoms with Gasteiger partial charge in [-0.3, -0.25) is 0 Å². The number of aromatic hydroxyl groups is 1. The summed E-state index contributed by atoms with van der Waals surface area (Å²) in [7, 11) is 0. The summed E-state index contributed by atoms with van der Waals surface area (Å²) in [5.74, 6) is 0.0853. The van der Waals surface area contributed by atoms with E-state index >= 15 is 0 Å². The van der Waals surface area contributed by atoms with Gasteiger partial charge in [-0.05, 0) is 30.5 Å². The van der Waals surface area contributed by atoms with Crippen LogP contribution in [0.3, 0.4) is 0 Å². The Kier molecular flexibility index (Phi) is 7.74. The maximum absolute atomic E-state index is 9.42. The summed E-state index contributed by atoms with van der Waals surface area (Å²) < 4.78 is 0. The van der Waals surface area contributed by atoms with Crippen LogP contribution in [-0.2, 0) is 6.42 Å². The van der Waals surface area contributed by atoms with Crippen LogP contribution in [0.4, 0.5) is 0 Å². The fraction of sp³-hybridized carbons (Fsp3) is 0.588. The first-order chi connectivity index (χ1) is 9.27. The second-order valence-electron chi connectivity index (χ2n) is 5.19. The summed E-state index contributed by atoms with van der Waals surface area (Å²) >= 11 is 0. The minimum atomic E-state index is 0.0853. The Bertz CT molecular complexity index is 406. The van der Waals surface area contributed by atoms with Gasteiger partial charge in [0.25, 0.3) is 0 Å². The molecule has 0 spiro atoms. The SMILES string of the molecule is CCCCCCCCCCc1ccc(O)c(C#N)c1. The van der Waals surface area contributed by atoms with Crippen LogP contribution >= 0.6 is 0 Å². The molecule has 0 unspecified atom stereocenters. The molecule has 19 heavy (non-hydrogen) atoms. The Balaban J connectivity index is 2.14. The van der Waals surface area contributed by atoms with Gasteiger partial charge in [-0.2, -0.15) is 5.26 Å². The Morgan fingerprint density at radius 2 is 1.63 bits per heavy atom. The molecule has 0 aliphatic heterocycles. The van der Waals surface area contributed by atoms with Gasteiger partial charge < -0.3 is 5.11 Å². The van der Waals surface area contributed by atoms with Crippen LogP contribution in [0.15, 0.2) is 18.2 Å². The number of hydrogen-bond acceptors (Lipinski definition) is 2. The van der Waals surface area contributed by atoms with Gasteiger partial charge in [-0.1, -0.05) is 57.9 Å². The highest BCUT2D eigenvalue weighted by Gasteiger charge is 2.01. The third kappa shape index (κ3) is 6.29. The molecule has 2 heteroatoms. The van der Waals surface area contributed by atoms with Crippen LogP contribution in [0.25, 0.3) is 0 Å². The molecule has 0 aliphatic carbocycles. The molecule has 0 bridgehead atoms. The lowest BCUT2D eigenvalue weighted by Gasteiger charge is -2.04. The second kappa shape index (κ2) is 9.44. The van der Waals surface area contributed by atoms with Gasteiger partial charge in [0.2, 0.25) is 0 Å². The molecule has 0 saturated carbocycles. The number of nitriles is 1. The molecule has 0 fully saturated rings. The molecule has 0 heterocycles. The fourth-order valence-corrected chi connectivity index (χ4v) is 2.29. The van der Waals surface area contributed by atoms with E-state index in [1.54, 1.807) is 12.1 Å². The molecule has 1 aromatic carbocycles. The fourth-order valence-electron chi connectivity index (χ4n) is 2.29. The van der Waals surface area contributed by atoms with E-state index < -0.39 is 0 Å². The van der Waals surface area contributed by atoms with Crippen molar-refractivity contribution in [2.24, 2.45) is 0 Å². The van der Waals surface area contributed by atoms with Crippen molar-refractivity contribution in [2.75, 3.05) is 0 Å². The predicted molar refractivity (Wildman–Crippen MR) is 79.1 cm³/mol. The number of rotatable bonds is 9. The number of benzene rings is 1. The van der Waals surface area contributed by atoms with Crippen molar-refractivity contribution < 1.29 is 5.11 Å². The molecular weight excluding hydrogens is 234 g/mol. The number of unbranched alkanes of at least 4 members (excludes halogenated alkanes) is 7. The third-order valence-electron chi connectivity index (χ3n) is 3.50. The lowest BCUT2D eigenvalue weighted by atomic mass is 10.0. The first-order valence-corrected chi connectivity index (χ1v) is 7.50. The number of phenolic OH excluding ortho intramolecular Hbond substituents is 1. The van der Waals surface area contributed by atoms with Crippen molar-refractivity contribution in [3.8, 4) is 11.8 Å². The number of hydrogen-bond donors (Lipinski definition) is 1. The summed E-state index contributed by atoms with van der Waals surface area (Å²) in [5, 5.41) is 18.3. The van der Waals surface area contributed by atoms with E-state index in [-0.39, 0.29) is 5.75 Å². The Labute approximate surface area is 117 Å². The van der Waals surface area contributed by atoms with Gasteiger partial charge in [-0.25, -0.2) is 0 Å². The summed E-state index contributed by atoms with van der Waals surface area (Å²) in [6, 6.07) is 7.36. The van der Waals surface area contributed by atoms with Gasteiger partial charge in [0.15, 0.2) is 0 Å². The van der Waals surface area contributed by atoms with Crippen molar-refractivity contribution >= 4 is 0 Å². The van der Waals surface area contributed by atoms with E-state index in [1.165, 1.54) is 51.4 Å². The zero-order valence-corrected chi connectivity index (χ0v) is 12.0. The van der Waals surface area contributed by atoms with Crippen LogP contribution in [-0.4, -0.2) is 5.11 Å². The van der Waals surface area contributed by atoms with Gasteiger partial charge in [0.1, 0.15) is 11.8 Å². The van der Waals surface area contributed by atoms with Gasteiger partial charge in [0.05, 0.1) is 5.56 Å². The van der Waals surface area contributed by atoms with Crippen molar-refractivity contribution in [1.82, 2.24) is 0 Å². The summed E-state index contributed by atoms with van der Waals surface area (Å²) in [6.07, 6.45) is 11.5. The quantitative estimate of drug-likeness (QED) is 0.638. The highest BCUT2D eigenvalue weighted by molar-refractivity contribution is 5.44. The molecule has 1 N–H and O–H groups in total. The minimum absolute atomic E-state index is 0.0853. The van der Waals surface area contributed by atoms with Crippen molar-refractivity contribution in [1.29, 1.82) is 5.26 Å². The Morgan fingerprint density at radius 3 is 2.26 bits per heavy atom. The summed E-state index contributed by atoms with van der Waals surface area (Å²) in [6.45, 7) is 2.24. The standard InChI is InChI=1S/C17H25NO/c1-2-3-4-5-6-7-8-9-10-15-11-12-17(19)16(13-15)14-18/h11-13,19H,2-10H2,1H3. The van der Waals surface area contributed by atoms with Crippen molar-refractivity contribution in [3.05, 3.63) is 29.3 Å². The molecule has 0 radical (unpaired) electrons. The molecule has 0 saturated heterocycles. The molecule has 0 aliphatic rings. The Hall–Kier alpha value is -1.49. The first-order valence-electron chi connectivity index (χ1n) is 7.50. The summed E-state index contributed by atoms with van der Waals surface area (Å²) in [5.41, 5.74) is 1.54. The van der Waals surface area contributed by atoms with Crippen LogP contribution in [0.5, 0.6) is 5.75 Å². The lowest BCUT2D eigenvalue weighted by Crippen LogP contribution is -1.88. The monoisotopic (exact) mass is 259 g/mol. The zero-order chi connectivity index (χ0) is 13.9. The topological polar surface area (TPSA) is 44.0 Å². The van der Waals surface area contributed by atoms with Gasteiger partial charge in [0, 0.05) is 0 Å². The maximum Gasteiger partial charge on any atom is 0.133 e. The Morgan fingerprint density at radius 1 is 1.00 bits per heavy atom. The predicted octanol–water partition coefficient (Wildman–Crippen LogP) is 4.95. The van der Waals surface area contributed by atoms with Crippen molar-refractivity contribution in [2.45, 2.75) is 64.7 Å². The highest BCUT2D eigenvalue weighted by Crippen LogP contribution is 2.19. The molecule has 0 aromatic heterocycles. The van der Waals surface area contributed by atoms with Crippen LogP contribution < -0.4 is 0 Å².